The van der Waals surface area contributed by atoms with E-state index in [0.717, 1.165) is 23.4 Å². The summed E-state index contributed by atoms with van der Waals surface area (Å²) in [5.41, 5.74) is 0. The second kappa shape index (κ2) is 7.45. The predicted octanol–water partition coefficient (Wildman–Crippen LogP) is 3.64. The van der Waals surface area contributed by atoms with E-state index in [1.807, 2.05) is 11.3 Å². The molecule has 2 heterocycles. The van der Waals surface area contributed by atoms with E-state index in [9.17, 15) is 0 Å². The minimum absolute atomic E-state index is 0.155. The molecule has 0 radical (unpaired) electrons. The molecule has 0 amide bonds. The Hall–Kier alpha value is -0.820. The van der Waals surface area contributed by atoms with Crippen LogP contribution in [0.4, 0.5) is 0 Å². The average Bonchev–Trinajstić information content (AvgIpc) is 2.96. The number of thiophene rings is 1. The van der Waals surface area contributed by atoms with Crippen molar-refractivity contribution in [2.75, 3.05) is 13.2 Å². The van der Waals surface area contributed by atoms with E-state index in [2.05, 4.69) is 28.9 Å². The largest absolute Gasteiger partial charge is 0.395 e. The van der Waals surface area contributed by atoms with Crippen LogP contribution in [0.25, 0.3) is 0 Å². The first kappa shape index (κ1) is 15.1. The molecule has 3 heteroatoms. The van der Waals surface area contributed by atoms with Gasteiger partial charge in [0.1, 0.15) is 0 Å². The lowest BCUT2D eigenvalue weighted by molar-refractivity contribution is 0.0555. The number of aliphatic hydroxyl groups is 1. The van der Waals surface area contributed by atoms with E-state index < -0.39 is 0 Å². The molecule has 3 rings (SSSR count). The summed E-state index contributed by atoms with van der Waals surface area (Å²) in [4.78, 5) is 5.30. The summed E-state index contributed by atoms with van der Waals surface area (Å²) in [6.45, 7) is 2.53. The Kier molecular flexibility index (Phi) is 5.35. The van der Waals surface area contributed by atoms with E-state index in [1.165, 1.54) is 49.9 Å². The van der Waals surface area contributed by atoms with Crippen molar-refractivity contribution in [2.45, 2.75) is 57.5 Å². The van der Waals surface area contributed by atoms with Gasteiger partial charge >= 0.3 is 0 Å². The van der Waals surface area contributed by atoms with Crippen molar-refractivity contribution in [3.8, 4) is 11.8 Å². The van der Waals surface area contributed by atoms with Crippen LogP contribution in [0.1, 0.15) is 54.7 Å². The highest BCUT2D eigenvalue weighted by atomic mass is 32.1. The lowest BCUT2D eigenvalue weighted by atomic mass is 9.78. The lowest BCUT2D eigenvalue weighted by Gasteiger charge is -2.44. The summed E-state index contributed by atoms with van der Waals surface area (Å²) in [6, 6.07) is 5.20. The molecule has 2 aliphatic rings. The summed E-state index contributed by atoms with van der Waals surface area (Å²) in [5, 5.41) is 8.77. The fourth-order valence-electron chi connectivity index (χ4n) is 3.86. The molecule has 1 saturated carbocycles. The van der Waals surface area contributed by atoms with Gasteiger partial charge in [-0.15, -0.1) is 11.3 Å². The second-order valence-electron chi connectivity index (χ2n) is 6.27. The average molecular weight is 303 g/mol. The molecule has 21 heavy (non-hydrogen) atoms. The maximum absolute atomic E-state index is 8.77. The third-order valence-corrected chi connectivity index (χ3v) is 5.81. The highest BCUT2D eigenvalue weighted by Gasteiger charge is 2.33. The summed E-state index contributed by atoms with van der Waals surface area (Å²) in [7, 11) is 0. The maximum Gasteiger partial charge on any atom is 0.0771 e. The van der Waals surface area contributed by atoms with Gasteiger partial charge in [-0.25, -0.2) is 0 Å². The van der Waals surface area contributed by atoms with Crippen molar-refractivity contribution in [1.82, 2.24) is 4.90 Å². The van der Waals surface area contributed by atoms with Gasteiger partial charge in [0.2, 0.25) is 0 Å². The molecule has 0 unspecified atom stereocenters. The molecule has 0 bridgehead atoms. The summed E-state index contributed by atoms with van der Waals surface area (Å²) in [5.74, 6) is 7.11. The van der Waals surface area contributed by atoms with E-state index >= 15 is 0 Å². The second-order valence-corrected chi connectivity index (χ2v) is 7.43. The van der Waals surface area contributed by atoms with Gasteiger partial charge in [0.15, 0.2) is 0 Å². The van der Waals surface area contributed by atoms with E-state index in [0.29, 0.717) is 6.42 Å². The SMILES string of the molecule is OCCC#Cc1ccc(CN2CCC[C@H]3CCCC[C@H]32)s1. The molecule has 1 aromatic heterocycles. The molecule has 1 aliphatic heterocycles. The zero-order chi connectivity index (χ0) is 14.5. The van der Waals surface area contributed by atoms with Gasteiger partial charge in [-0.1, -0.05) is 24.7 Å². The molecule has 1 N–H and O–H groups in total. The number of likely N-dealkylation sites (tertiary alicyclic amines) is 1. The quantitative estimate of drug-likeness (QED) is 0.862. The van der Waals surface area contributed by atoms with Gasteiger partial charge in [-0.3, -0.25) is 4.90 Å². The summed E-state index contributed by atoms with van der Waals surface area (Å²) < 4.78 is 0. The minimum Gasteiger partial charge on any atom is -0.395 e. The Morgan fingerprint density at radius 2 is 2.05 bits per heavy atom. The highest BCUT2D eigenvalue weighted by molar-refractivity contribution is 7.12. The standard InChI is InChI=1S/C18H25NOS/c20-13-4-3-8-16-10-11-17(21-16)14-19-12-5-7-15-6-1-2-9-18(15)19/h10-11,15,18,20H,1-2,4-7,9,12-14H2/t15-,18-/m1/s1. The van der Waals surface area contributed by atoms with Crippen LogP contribution in [-0.4, -0.2) is 29.2 Å². The molecule has 114 valence electrons. The van der Waals surface area contributed by atoms with Crippen molar-refractivity contribution in [1.29, 1.82) is 0 Å². The van der Waals surface area contributed by atoms with Crippen molar-refractivity contribution in [3.05, 3.63) is 21.9 Å². The van der Waals surface area contributed by atoms with Gasteiger partial charge in [-0.05, 0) is 50.3 Å². The van der Waals surface area contributed by atoms with Crippen LogP contribution in [0.5, 0.6) is 0 Å². The summed E-state index contributed by atoms with van der Waals surface area (Å²) in [6.07, 6.45) is 9.10. The number of hydrogen-bond acceptors (Lipinski definition) is 3. The van der Waals surface area contributed by atoms with Gasteiger partial charge in [0.25, 0.3) is 0 Å². The van der Waals surface area contributed by atoms with Crippen molar-refractivity contribution in [2.24, 2.45) is 5.92 Å². The zero-order valence-electron chi connectivity index (χ0n) is 12.7. The normalized spacial score (nSPS) is 26.0. The Morgan fingerprint density at radius 1 is 1.19 bits per heavy atom. The highest BCUT2D eigenvalue weighted by Crippen LogP contribution is 2.36. The number of aliphatic hydroxyl groups excluding tert-OH is 1. The number of fused-ring (bicyclic) bond motifs is 1. The molecular formula is C18H25NOS. The first-order valence-corrected chi connectivity index (χ1v) is 9.11. The Balaban J connectivity index is 1.62. The third-order valence-electron chi connectivity index (χ3n) is 4.83. The van der Waals surface area contributed by atoms with E-state index in [4.69, 9.17) is 5.11 Å². The number of hydrogen-bond donors (Lipinski definition) is 1. The molecule has 1 aliphatic carbocycles. The summed E-state index contributed by atoms with van der Waals surface area (Å²) >= 11 is 1.82. The van der Waals surface area contributed by atoms with Crippen LogP contribution >= 0.6 is 11.3 Å². The first-order chi connectivity index (χ1) is 10.4. The fraction of sp³-hybridized carbons (Fsp3) is 0.667. The van der Waals surface area contributed by atoms with Crippen molar-refractivity contribution >= 4 is 11.3 Å². The third kappa shape index (κ3) is 3.88. The predicted molar refractivity (Wildman–Crippen MR) is 88.3 cm³/mol. The topological polar surface area (TPSA) is 23.5 Å². The van der Waals surface area contributed by atoms with Crippen LogP contribution in [-0.2, 0) is 6.54 Å². The minimum atomic E-state index is 0.155. The molecular weight excluding hydrogens is 278 g/mol. The Morgan fingerprint density at radius 3 is 2.95 bits per heavy atom. The number of nitrogens with zero attached hydrogens (tertiary/aromatic N) is 1. The van der Waals surface area contributed by atoms with Gasteiger partial charge in [0, 0.05) is 23.9 Å². The molecule has 0 aromatic carbocycles. The van der Waals surface area contributed by atoms with Crippen LogP contribution < -0.4 is 0 Å². The van der Waals surface area contributed by atoms with Gasteiger partial charge in [0.05, 0.1) is 11.5 Å². The molecule has 0 spiro atoms. The molecule has 1 aromatic rings. The maximum atomic E-state index is 8.77. The van der Waals surface area contributed by atoms with Crippen molar-refractivity contribution in [3.63, 3.8) is 0 Å². The fourth-order valence-corrected chi connectivity index (χ4v) is 4.77. The molecule has 2 atom stereocenters. The zero-order valence-corrected chi connectivity index (χ0v) is 13.5. The number of rotatable bonds is 3. The molecule has 1 saturated heterocycles. The van der Waals surface area contributed by atoms with Crippen LogP contribution in [0.15, 0.2) is 12.1 Å². The van der Waals surface area contributed by atoms with Gasteiger partial charge in [-0.2, -0.15) is 0 Å². The van der Waals surface area contributed by atoms with Crippen LogP contribution in [0, 0.1) is 17.8 Å². The molecule has 2 fully saturated rings. The Labute approximate surface area is 132 Å². The monoisotopic (exact) mass is 303 g/mol. The molecule has 2 nitrogen and oxygen atoms in total. The van der Waals surface area contributed by atoms with Gasteiger partial charge < -0.3 is 5.11 Å². The lowest BCUT2D eigenvalue weighted by Crippen LogP contribution is -2.46. The smallest absolute Gasteiger partial charge is 0.0771 e. The van der Waals surface area contributed by atoms with Crippen molar-refractivity contribution < 1.29 is 5.11 Å². The van der Waals surface area contributed by atoms with Crippen LogP contribution in [0.3, 0.4) is 0 Å². The van der Waals surface area contributed by atoms with E-state index in [-0.39, 0.29) is 6.61 Å². The Bertz CT molecular complexity index is 511. The first-order valence-electron chi connectivity index (χ1n) is 8.29. The number of piperidine rings is 1. The van der Waals surface area contributed by atoms with E-state index in [1.54, 1.807) is 0 Å². The van der Waals surface area contributed by atoms with Crippen LogP contribution in [0.2, 0.25) is 0 Å².